The van der Waals surface area contributed by atoms with E-state index in [1.807, 2.05) is 38.1 Å². The smallest absolute Gasteiger partial charge is 0.315 e. The fourth-order valence-corrected chi connectivity index (χ4v) is 3.64. The topological polar surface area (TPSA) is 89.5 Å². The average molecular weight is 397 g/mol. The molecule has 1 saturated heterocycles. The Morgan fingerprint density at radius 3 is 2.59 bits per heavy atom. The summed E-state index contributed by atoms with van der Waals surface area (Å²) < 4.78 is 16.6. The number of unbranched alkanes of at least 4 members (excludes halogenated alkanes) is 1. The standard InChI is InChI=1S/C21H27N5O3/c1-15-19(16(2)29-25-15)17-7-3-4-8-18(17)20-23-24-21(28-20)22-9-5-6-10-26-11-13-27-14-12-26/h3-4,7-8H,5-6,9-14H2,1-2H3,(H,22,24). The van der Waals surface area contributed by atoms with E-state index in [-0.39, 0.29) is 0 Å². The van der Waals surface area contributed by atoms with Gasteiger partial charge in [-0.2, -0.15) is 0 Å². The van der Waals surface area contributed by atoms with E-state index in [2.05, 4.69) is 25.6 Å². The average Bonchev–Trinajstić information content (AvgIpc) is 3.35. The number of aromatic nitrogens is 3. The van der Waals surface area contributed by atoms with Crippen molar-refractivity contribution in [3.63, 3.8) is 0 Å². The molecule has 1 aliphatic heterocycles. The fraction of sp³-hybridized carbons (Fsp3) is 0.476. The van der Waals surface area contributed by atoms with Gasteiger partial charge < -0.3 is 19.0 Å². The summed E-state index contributed by atoms with van der Waals surface area (Å²) in [6.45, 7) is 9.50. The van der Waals surface area contributed by atoms with Crippen molar-refractivity contribution in [2.75, 3.05) is 44.7 Å². The Morgan fingerprint density at radius 2 is 1.83 bits per heavy atom. The van der Waals surface area contributed by atoms with Gasteiger partial charge in [0, 0.05) is 30.8 Å². The lowest BCUT2D eigenvalue weighted by atomic mass is 9.98. The number of hydrogen-bond acceptors (Lipinski definition) is 8. The summed E-state index contributed by atoms with van der Waals surface area (Å²) in [4.78, 5) is 2.44. The predicted octanol–water partition coefficient (Wildman–Crippen LogP) is 3.53. The van der Waals surface area contributed by atoms with E-state index in [0.29, 0.717) is 11.9 Å². The maximum Gasteiger partial charge on any atom is 0.315 e. The molecule has 0 saturated carbocycles. The molecule has 1 fully saturated rings. The maximum absolute atomic E-state index is 5.87. The highest BCUT2D eigenvalue weighted by Crippen LogP contribution is 2.35. The van der Waals surface area contributed by atoms with Crippen LogP contribution in [0.15, 0.2) is 33.2 Å². The minimum atomic E-state index is 0.444. The summed E-state index contributed by atoms with van der Waals surface area (Å²) in [5.74, 6) is 1.25. The number of morpholine rings is 1. The molecule has 4 rings (SSSR count). The van der Waals surface area contributed by atoms with Crippen molar-refractivity contribution in [2.45, 2.75) is 26.7 Å². The zero-order valence-corrected chi connectivity index (χ0v) is 17.0. The molecule has 2 aromatic heterocycles. The van der Waals surface area contributed by atoms with Crippen LogP contribution >= 0.6 is 0 Å². The molecular formula is C21H27N5O3. The van der Waals surface area contributed by atoms with Gasteiger partial charge >= 0.3 is 6.01 Å². The highest BCUT2D eigenvalue weighted by molar-refractivity contribution is 5.82. The minimum Gasteiger partial charge on any atom is -0.403 e. The number of hydrogen-bond donors (Lipinski definition) is 1. The van der Waals surface area contributed by atoms with E-state index >= 15 is 0 Å². The van der Waals surface area contributed by atoms with Crippen molar-refractivity contribution in [2.24, 2.45) is 0 Å². The van der Waals surface area contributed by atoms with Gasteiger partial charge in [-0.15, -0.1) is 5.10 Å². The molecule has 0 atom stereocenters. The molecule has 0 amide bonds. The molecule has 0 spiro atoms. The van der Waals surface area contributed by atoms with E-state index in [1.165, 1.54) is 0 Å². The molecule has 29 heavy (non-hydrogen) atoms. The van der Waals surface area contributed by atoms with Gasteiger partial charge in [-0.25, -0.2) is 0 Å². The lowest BCUT2D eigenvalue weighted by Gasteiger charge is -2.26. The van der Waals surface area contributed by atoms with E-state index in [4.69, 9.17) is 13.7 Å². The second-order valence-corrected chi connectivity index (χ2v) is 7.25. The summed E-state index contributed by atoms with van der Waals surface area (Å²) in [7, 11) is 0. The zero-order valence-electron chi connectivity index (χ0n) is 17.0. The molecule has 0 aliphatic carbocycles. The van der Waals surface area contributed by atoms with Gasteiger partial charge in [0.1, 0.15) is 5.76 Å². The highest BCUT2D eigenvalue weighted by atomic mass is 16.5. The van der Waals surface area contributed by atoms with Gasteiger partial charge in [-0.3, -0.25) is 4.90 Å². The van der Waals surface area contributed by atoms with E-state index in [9.17, 15) is 0 Å². The van der Waals surface area contributed by atoms with Crippen LogP contribution in [0.2, 0.25) is 0 Å². The van der Waals surface area contributed by atoms with Gasteiger partial charge in [-0.05, 0) is 44.9 Å². The van der Waals surface area contributed by atoms with Gasteiger partial charge in [0.2, 0.25) is 5.89 Å². The Labute approximate surface area is 170 Å². The molecule has 3 heterocycles. The van der Waals surface area contributed by atoms with Crippen LogP contribution in [-0.2, 0) is 4.74 Å². The van der Waals surface area contributed by atoms with Crippen LogP contribution in [0.3, 0.4) is 0 Å². The van der Waals surface area contributed by atoms with Crippen molar-refractivity contribution in [1.29, 1.82) is 0 Å². The van der Waals surface area contributed by atoms with Crippen molar-refractivity contribution < 1.29 is 13.7 Å². The van der Waals surface area contributed by atoms with Gasteiger partial charge in [-0.1, -0.05) is 28.5 Å². The van der Waals surface area contributed by atoms with Crippen molar-refractivity contribution in [3.8, 4) is 22.6 Å². The molecule has 1 N–H and O–H groups in total. The first-order chi connectivity index (χ1) is 14.2. The maximum atomic E-state index is 5.87. The summed E-state index contributed by atoms with van der Waals surface area (Å²) >= 11 is 0. The van der Waals surface area contributed by atoms with Gasteiger partial charge in [0.25, 0.3) is 0 Å². The Balaban J connectivity index is 1.36. The first-order valence-electron chi connectivity index (χ1n) is 10.1. The molecule has 0 bridgehead atoms. The quantitative estimate of drug-likeness (QED) is 0.578. The number of nitrogens with one attached hydrogen (secondary N) is 1. The Bertz CT molecular complexity index is 911. The van der Waals surface area contributed by atoms with Crippen LogP contribution in [0.25, 0.3) is 22.6 Å². The molecule has 1 aliphatic rings. The highest BCUT2D eigenvalue weighted by Gasteiger charge is 2.19. The molecule has 8 nitrogen and oxygen atoms in total. The van der Waals surface area contributed by atoms with E-state index in [1.54, 1.807) is 0 Å². The number of benzene rings is 1. The first kappa shape index (κ1) is 19.6. The zero-order chi connectivity index (χ0) is 20.1. The second-order valence-electron chi connectivity index (χ2n) is 7.25. The lowest BCUT2D eigenvalue weighted by molar-refractivity contribution is 0.0373. The summed E-state index contributed by atoms with van der Waals surface area (Å²) in [5.41, 5.74) is 3.66. The van der Waals surface area contributed by atoms with Crippen molar-refractivity contribution in [1.82, 2.24) is 20.3 Å². The molecule has 0 unspecified atom stereocenters. The van der Waals surface area contributed by atoms with E-state index in [0.717, 1.165) is 80.4 Å². The first-order valence-corrected chi connectivity index (χ1v) is 10.1. The number of ether oxygens (including phenoxy) is 1. The minimum absolute atomic E-state index is 0.444. The summed E-state index contributed by atoms with van der Waals surface area (Å²) in [6.07, 6.45) is 2.17. The second kappa shape index (κ2) is 9.19. The molecule has 8 heteroatoms. The SMILES string of the molecule is Cc1noc(C)c1-c1ccccc1-c1nnc(NCCCCN2CCOCC2)o1. The van der Waals surface area contributed by atoms with Gasteiger partial charge in [0.15, 0.2) is 0 Å². The van der Waals surface area contributed by atoms with Crippen molar-refractivity contribution >= 4 is 6.01 Å². The third-order valence-corrected chi connectivity index (χ3v) is 5.17. The fourth-order valence-electron chi connectivity index (χ4n) is 3.64. The van der Waals surface area contributed by atoms with Crippen LogP contribution in [0, 0.1) is 13.8 Å². The number of rotatable bonds is 8. The van der Waals surface area contributed by atoms with Crippen LogP contribution in [-0.4, -0.2) is 59.6 Å². The predicted molar refractivity (Wildman–Crippen MR) is 110 cm³/mol. The molecule has 3 aromatic rings. The Hall–Kier alpha value is -2.71. The van der Waals surface area contributed by atoms with Crippen LogP contribution < -0.4 is 5.32 Å². The number of anilines is 1. The molecule has 154 valence electrons. The van der Waals surface area contributed by atoms with Crippen molar-refractivity contribution in [3.05, 3.63) is 35.7 Å². The third kappa shape index (κ3) is 4.65. The molecule has 1 aromatic carbocycles. The molecular weight excluding hydrogens is 370 g/mol. The lowest BCUT2D eigenvalue weighted by Crippen LogP contribution is -2.36. The number of aryl methyl sites for hydroxylation is 2. The normalized spacial score (nSPS) is 15.0. The number of nitrogens with zero attached hydrogens (tertiary/aromatic N) is 4. The van der Waals surface area contributed by atoms with Crippen LogP contribution in [0.4, 0.5) is 6.01 Å². The third-order valence-electron chi connectivity index (χ3n) is 5.17. The Kier molecular flexibility index (Phi) is 6.21. The van der Waals surface area contributed by atoms with E-state index < -0.39 is 0 Å². The van der Waals surface area contributed by atoms with Crippen LogP contribution in [0.5, 0.6) is 0 Å². The summed E-state index contributed by atoms with van der Waals surface area (Å²) in [6, 6.07) is 8.38. The van der Waals surface area contributed by atoms with Crippen LogP contribution in [0.1, 0.15) is 24.3 Å². The van der Waals surface area contributed by atoms with Gasteiger partial charge in [0.05, 0.1) is 18.9 Å². The summed E-state index contributed by atoms with van der Waals surface area (Å²) in [5, 5.41) is 15.7. The Morgan fingerprint density at radius 1 is 1.03 bits per heavy atom. The largest absolute Gasteiger partial charge is 0.403 e. The molecule has 0 radical (unpaired) electrons. The monoisotopic (exact) mass is 397 g/mol.